The number of amides is 2. The molecule has 0 aliphatic heterocycles. The van der Waals surface area contributed by atoms with Crippen LogP contribution in [0.5, 0.6) is 0 Å². The van der Waals surface area contributed by atoms with E-state index in [2.05, 4.69) is 15.6 Å². The van der Waals surface area contributed by atoms with Crippen molar-refractivity contribution in [1.82, 2.24) is 10.6 Å². The summed E-state index contributed by atoms with van der Waals surface area (Å²) in [7, 11) is 0. The second-order valence-electron chi connectivity index (χ2n) is 7.82. The Morgan fingerprint density at radius 2 is 1.91 bits per heavy atom. The van der Waals surface area contributed by atoms with Gasteiger partial charge in [0.05, 0.1) is 24.3 Å². The molecule has 1 aliphatic carbocycles. The minimum atomic E-state index is -1.09. The molecule has 0 fully saturated rings. The predicted molar refractivity (Wildman–Crippen MR) is 121 cm³/mol. The fraction of sp³-hybridized carbons (Fsp3) is 0.478. The number of hydrogen-bond donors (Lipinski definition) is 4. The lowest BCUT2D eigenvalue weighted by atomic mass is 9.88. The van der Waals surface area contributed by atoms with Gasteiger partial charge in [0.15, 0.2) is 5.96 Å². The standard InChI is InChI=1S/C23H32N4O5/c1-5-16(6-2)32-19-12-15(22(30)31)11-18(20(19)25-14(4)28)26-23(24)27-21(29)17-10-8-7-9-13(17)3/h7-10,12,16,18-20H,5-6,11H2,1-4H3,(H,25,28)(H,30,31)(H3,24,26,27,29)/t18-,19+,20+/m0/s1. The van der Waals surface area contributed by atoms with Crippen molar-refractivity contribution >= 4 is 23.7 Å². The maximum atomic E-state index is 12.6. The van der Waals surface area contributed by atoms with Crippen molar-refractivity contribution in [2.24, 2.45) is 10.7 Å². The van der Waals surface area contributed by atoms with E-state index in [1.165, 1.54) is 13.0 Å². The average molecular weight is 445 g/mol. The van der Waals surface area contributed by atoms with Gasteiger partial charge in [-0.25, -0.2) is 9.79 Å². The van der Waals surface area contributed by atoms with Crippen molar-refractivity contribution in [3.63, 3.8) is 0 Å². The van der Waals surface area contributed by atoms with Crippen LogP contribution < -0.4 is 16.4 Å². The highest BCUT2D eigenvalue weighted by atomic mass is 16.5. The number of rotatable bonds is 8. The largest absolute Gasteiger partial charge is 0.478 e. The van der Waals surface area contributed by atoms with Crippen LogP contribution in [-0.4, -0.2) is 53.1 Å². The van der Waals surface area contributed by atoms with Crippen molar-refractivity contribution in [2.75, 3.05) is 0 Å². The van der Waals surface area contributed by atoms with E-state index in [4.69, 9.17) is 10.5 Å². The molecule has 174 valence electrons. The number of nitrogens with one attached hydrogen (secondary N) is 2. The molecule has 0 heterocycles. The number of nitrogens with zero attached hydrogens (tertiary/aromatic N) is 1. The first-order valence-corrected chi connectivity index (χ1v) is 10.7. The van der Waals surface area contributed by atoms with E-state index in [1.807, 2.05) is 19.9 Å². The van der Waals surface area contributed by atoms with Gasteiger partial charge >= 0.3 is 5.97 Å². The lowest BCUT2D eigenvalue weighted by Gasteiger charge is -2.36. The third-order valence-electron chi connectivity index (χ3n) is 5.40. The minimum absolute atomic E-state index is 0.0317. The summed E-state index contributed by atoms with van der Waals surface area (Å²) in [6, 6.07) is 5.68. The smallest absolute Gasteiger partial charge is 0.331 e. The molecule has 0 unspecified atom stereocenters. The van der Waals surface area contributed by atoms with Crippen LogP contribution >= 0.6 is 0 Å². The Hall–Kier alpha value is -3.20. The number of benzene rings is 1. The molecule has 0 spiro atoms. The Kier molecular flexibility index (Phi) is 8.95. The van der Waals surface area contributed by atoms with Crippen LogP contribution in [0.15, 0.2) is 40.9 Å². The Morgan fingerprint density at radius 1 is 1.25 bits per heavy atom. The quantitative estimate of drug-likeness (QED) is 0.356. The lowest BCUT2D eigenvalue weighted by Crippen LogP contribution is -2.54. The van der Waals surface area contributed by atoms with Crippen LogP contribution in [0.3, 0.4) is 0 Å². The van der Waals surface area contributed by atoms with Gasteiger partial charge in [0.25, 0.3) is 5.91 Å². The number of aliphatic carboxylic acids is 1. The second-order valence-corrected chi connectivity index (χ2v) is 7.82. The van der Waals surface area contributed by atoms with Crippen molar-refractivity contribution < 1.29 is 24.2 Å². The Balaban J connectivity index is 2.33. The molecule has 0 radical (unpaired) electrons. The summed E-state index contributed by atoms with van der Waals surface area (Å²) in [4.78, 5) is 40.5. The second kappa shape index (κ2) is 11.4. The lowest BCUT2D eigenvalue weighted by molar-refractivity contribution is -0.133. The van der Waals surface area contributed by atoms with E-state index in [0.717, 1.165) is 18.4 Å². The van der Waals surface area contributed by atoms with E-state index in [1.54, 1.807) is 25.1 Å². The Bertz CT molecular complexity index is 907. The molecule has 0 aromatic heterocycles. The molecule has 9 heteroatoms. The molecule has 0 bridgehead atoms. The number of aliphatic imine (C=N–C) groups is 1. The third kappa shape index (κ3) is 6.65. The van der Waals surface area contributed by atoms with Gasteiger partial charge in [-0.2, -0.15) is 0 Å². The molecular formula is C23H32N4O5. The number of hydrogen-bond acceptors (Lipinski definition) is 5. The first-order chi connectivity index (χ1) is 15.2. The first-order valence-electron chi connectivity index (χ1n) is 10.7. The van der Waals surface area contributed by atoms with Gasteiger partial charge in [0.1, 0.15) is 0 Å². The fourth-order valence-electron chi connectivity index (χ4n) is 3.69. The van der Waals surface area contributed by atoms with E-state index in [0.29, 0.717) is 5.56 Å². The highest BCUT2D eigenvalue weighted by Crippen LogP contribution is 2.26. The van der Waals surface area contributed by atoms with E-state index >= 15 is 0 Å². The van der Waals surface area contributed by atoms with Crippen LogP contribution in [-0.2, 0) is 14.3 Å². The number of carboxylic acids is 1. The molecule has 3 atom stereocenters. The van der Waals surface area contributed by atoms with E-state index in [9.17, 15) is 19.5 Å². The fourth-order valence-corrected chi connectivity index (χ4v) is 3.69. The molecule has 32 heavy (non-hydrogen) atoms. The summed E-state index contributed by atoms with van der Waals surface area (Å²) in [6.45, 7) is 7.12. The number of ether oxygens (including phenoxy) is 1. The van der Waals surface area contributed by atoms with Crippen LogP contribution in [0.2, 0.25) is 0 Å². The predicted octanol–water partition coefficient (Wildman–Crippen LogP) is 1.90. The van der Waals surface area contributed by atoms with Crippen molar-refractivity contribution in [1.29, 1.82) is 0 Å². The maximum Gasteiger partial charge on any atom is 0.331 e. The summed E-state index contributed by atoms with van der Waals surface area (Å²) in [5.74, 6) is -1.98. The molecule has 5 N–H and O–H groups in total. The molecule has 1 aromatic rings. The third-order valence-corrected chi connectivity index (χ3v) is 5.40. The number of carboxylic acid groups (broad SMARTS) is 1. The molecule has 1 aliphatic rings. The van der Waals surface area contributed by atoms with Gasteiger partial charge in [-0.15, -0.1) is 0 Å². The summed E-state index contributed by atoms with van der Waals surface area (Å²) in [5, 5.41) is 15.0. The van der Waals surface area contributed by atoms with Crippen LogP contribution in [0.1, 0.15) is 56.0 Å². The van der Waals surface area contributed by atoms with Gasteiger partial charge in [0.2, 0.25) is 5.91 Å². The SMILES string of the molecule is CCC(CC)O[C@@H]1C=C(C(=O)O)C[C@H](N=C(N)NC(=O)c2ccccc2C)[C@H]1NC(C)=O. The molecular weight excluding hydrogens is 412 g/mol. The normalized spacial score (nSPS) is 21.1. The van der Waals surface area contributed by atoms with Gasteiger partial charge in [-0.1, -0.05) is 32.0 Å². The van der Waals surface area contributed by atoms with Crippen molar-refractivity contribution in [2.45, 2.75) is 71.2 Å². The summed E-state index contributed by atoms with van der Waals surface area (Å²) in [6.07, 6.45) is 2.22. The Labute approximate surface area is 188 Å². The topological polar surface area (TPSA) is 143 Å². The number of carbonyl (C=O) groups excluding carboxylic acids is 2. The van der Waals surface area contributed by atoms with Gasteiger partial charge in [-0.3, -0.25) is 14.9 Å². The van der Waals surface area contributed by atoms with E-state index in [-0.39, 0.29) is 30.0 Å². The Morgan fingerprint density at radius 3 is 2.47 bits per heavy atom. The minimum Gasteiger partial charge on any atom is -0.478 e. The number of aryl methyl sites for hydroxylation is 1. The molecule has 0 saturated carbocycles. The highest BCUT2D eigenvalue weighted by molar-refractivity contribution is 6.06. The summed E-state index contributed by atoms with van der Waals surface area (Å²) in [5.41, 5.74) is 7.36. The summed E-state index contributed by atoms with van der Waals surface area (Å²) < 4.78 is 6.11. The number of guanidine groups is 1. The zero-order valence-corrected chi connectivity index (χ0v) is 18.9. The number of nitrogens with two attached hydrogens (primary N) is 1. The molecule has 9 nitrogen and oxygen atoms in total. The maximum absolute atomic E-state index is 12.6. The van der Waals surface area contributed by atoms with Crippen molar-refractivity contribution in [3.8, 4) is 0 Å². The molecule has 0 saturated heterocycles. The monoisotopic (exact) mass is 444 g/mol. The molecule has 2 rings (SSSR count). The van der Waals surface area contributed by atoms with Gasteiger partial charge in [0, 0.05) is 24.5 Å². The zero-order chi connectivity index (χ0) is 23.8. The van der Waals surface area contributed by atoms with Gasteiger partial charge in [-0.05, 0) is 37.5 Å². The summed E-state index contributed by atoms with van der Waals surface area (Å²) >= 11 is 0. The van der Waals surface area contributed by atoms with Crippen LogP contribution in [0.4, 0.5) is 0 Å². The van der Waals surface area contributed by atoms with Crippen molar-refractivity contribution in [3.05, 3.63) is 47.0 Å². The molecule has 2 amide bonds. The first kappa shape index (κ1) is 25.1. The molecule has 1 aromatic carbocycles. The highest BCUT2D eigenvalue weighted by Gasteiger charge is 2.37. The van der Waals surface area contributed by atoms with E-state index < -0.39 is 30.1 Å². The van der Waals surface area contributed by atoms with Gasteiger partial charge < -0.3 is 20.9 Å². The van der Waals surface area contributed by atoms with Crippen LogP contribution in [0, 0.1) is 6.92 Å². The van der Waals surface area contributed by atoms with Crippen LogP contribution in [0.25, 0.3) is 0 Å². The average Bonchev–Trinajstić information content (AvgIpc) is 2.73. The zero-order valence-electron chi connectivity index (χ0n) is 18.9. The number of carbonyl (C=O) groups is 3.